The number of nitrogens with zero attached hydrogens (tertiary/aromatic N) is 3. The second kappa shape index (κ2) is 11.6. The van der Waals surface area contributed by atoms with Crippen LogP contribution in [0.3, 0.4) is 0 Å². The average Bonchev–Trinajstić information content (AvgIpc) is 3.43. The monoisotopic (exact) mass is 543 g/mol. The Balaban J connectivity index is 1.52. The van der Waals surface area contributed by atoms with Crippen molar-refractivity contribution >= 4 is 16.9 Å². The number of halogens is 2. The lowest BCUT2D eigenvalue weighted by molar-refractivity contribution is -0.137. The van der Waals surface area contributed by atoms with Gasteiger partial charge < -0.3 is 9.63 Å². The Morgan fingerprint density at radius 2 is 1.68 bits per heavy atom. The summed E-state index contributed by atoms with van der Waals surface area (Å²) in [6.07, 6.45) is 2.06. The van der Waals surface area contributed by atoms with Gasteiger partial charge in [-0.3, -0.25) is 14.2 Å². The fourth-order valence-electron chi connectivity index (χ4n) is 4.86. The predicted octanol–water partition coefficient (Wildman–Crippen LogP) is 6.66. The van der Waals surface area contributed by atoms with E-state index in [4.69, 9.17) is 14.6 Å². The van der Waals surface area contributed by atoms with Gasteiger partial charge in [-0.25, -0.2) is 13.8 Å². The molecule has 40 heavy (non-hydrogen) atoms. The normalized spacial score (nSPS) is 12.1. The Morgan fingerprint density at radius 3 is 2.35 bits per heavy atom. The third kappa shape index (κ3) is 5.68. The molecule has 7 nitrogen and oxygen atoms in total. The van der Waals surface area contributed by atoms with Gasteiger partial charge in [-0.1, -0.05) is 30.3 Å². The van der Waals surface area contributed by atoms with Crippen molar-refractivity contribution in [2.75, 3.05) is 0 Å². The number of carbonyl (C=O) groups is 1. The molecule has 2 aromatic heterocycles. The van der Waals surface area contributed by atoms with E-state index in [2.05, 4.69) is 5.16 Å². The van der Waals surface area contributed by atoms with Crippen LogP contribution in [0.5, 0.6) is 0 Å². The maximum Gasteiger partial charge on any atom is 0.303 e. The van der Waals surface area contributed by atoms with Crippen LogP contribution in [-0.4, -0.2) is 25.8 Å². The largest absolute Gasteiger partial charge is 0.481 e. The van der Waals surface area contributed by atoms with Gasteiger partial charge in [0, 0.05) is 30.4 Å². The van der Waals surface area contributed by atoms with Gasteiger partial charge in [0.2, 0.25) is 0 Å². The van der Waals surface area contributed by atoms with Gasteiger partial charge in [0.1, 0.15) is 28.9 Å². The summed E-state index contributed by atoms with van der Waals surface area (Å²) >= 11 is 0. The smallest absolute Gasteiger partial charge is 0.303 e. The minimum atomic E-state index is -0.885. The fraction of sp³-hybridized carbons (Fsp3) is 0.226. The highest BCUT2D eigenvalue weighted by Gasteiger charge is 2.20. The Bertz CT molecular complexity index is 1710. The number of aromatic nitrogens is 3. The Kier molecular flexibility index (Phi) is 7.82. The minimum absolute atomic E-state index is 0.0175. The van der Waals surface area contributed by atoms with Gasteiger partial charge in [-0.15, -0.1) is 0 Å². The van der Waals surface area contributed by atoms with E-state index in [1.807, 2.05) is 13.0 Å². The highest BCUT2D eigenvalue weighted by Crippen LogP contribution is 2.32. The standard InChI is InChI=1S/C31H27F2N3O4/c1-2-24(19-7-10-21(32)11-8-19)28-18-26(35-40-28)20-9-16-25-27(17-20)34-29(5-3-4-6-30(37)38)36(31(25)39)23-14-12-22(33)13-15-23/h7-18,24H,2-6H2,1H3,(H,37,38)/t24-/m1/s1. The number of hydrogen-bond acceptors (Lipinski definition) is 5. The van der Waals surface area contributed by atoms with E-state index >= 15 is 0 Å². The van der Waals surface area contributed by atoms with Crippen molar-refractivity contribution in [3.05, 3.63) is 112 Å². The molecule has 0 radical (unpaired) electrons. The molecule has 0 aliphatic carbocycles. The second-order valence-electron chi connectivity index (χ2n) is 9.60. The van der Waals surface area contributed by atoms with Crippen LogP contribution < -0.4 is 5.56 Å². The average molecular weight is 544 g/mol. The quantitative estimate of drug-likeness (QED) is 0.198. The van der Waals surface area contributed by atoms with Crippen LogP contribution in [0.15, 0.2) is 82.1 Å². The van der Waals surface area contributed by atoms with Gasteiger partial charge in [0.15, 0.2) is 0 Å². The number of carboxylic acids is 1. The summed E-state index contributed by atoms with van der Waals surface area (Å²) < 4.78 is 34.1. The Morgan fingerprint density at radius 1 is 0.975 bits per heavy atom. The van der Waals surface area contributed by atoms with Crippen LogP contribution in [0.2, 0.25) is 0 Å². The van der Waals surface area contributed by atoms with Gasteiger partial charge in [-0.05, 0) is 73.4 Å². The molecule has 0 spiro atoms. The van der Waals surface area contributed by atoms with Crippen molar-refractivity contribution in [2.24, 2.45) is 0 Å². The second-order valence-corrected chi connectivity index (χ2v) is 9.60. The first-order valence-corrected chi connectivity index (χ1v) is 13.1. The van der Waals surface area contributed by atoms with Gasteiger partial charge in [0.05, 0.1) is 16.6 Å². The minimum Gasteiger partial charge on any atom is -0.481 e. The van der Waals surface area contributed by atoms with E-state index in [0.717, 1.165) is 12.0 Å². The van der Waals surface area contributed by atoms with Crippen molar-refractivity contribution in [1.82, 2.24) is 14.7 Å². The van der Waals surface area contributed by atoms with Crippen LogP contribution in [0.1, 0.15) is 55.7 Å². The molecule has 5 aromatic rings. The van der Waals surface area contributed by atoms with Crippen LogP contribution in [0.25, 0.3) is 27.8 Å². The molecule has 3 aromatic carbocycles. The third-order valence-corrected chi connectivity index (χ3v) is 6.91. The fourth-order valence-corrected chi connectivity index (χ4v) is 4.86. The Labute approximate surface area is 228 Å². The van der Waals surface area contributed by atoms with E-state index in [9.17, 15) is 18.4 Å². The molecule has 0 amide bonds. The number of carboxylic acid groups (broad SMARTS) is 1. The highest BCUT2D eigenvalue weighted by molar-refractivity contribution is 5.83. The zero-order chi connectivity index (χ0) is 28.2. The number of benzene rings is 3. The first-order valence-electron chi connectivity index (χ1n) is 13.1. The number of rotatable bonds is 10. The number of aliphatic carboxylic acids is 1. The molecule has 1 atom stereocenters. The maximum atomic E-state index is 13.6. The summed E-state index contributed by atoms with van der Waals surface area (Å²) in [6, 6.07) is 19.0. The summed E-state index contributed by atoms with van der Waals surface area (Å²) in [4.78, 5) is 29.3. The van der Waals surface area contributed by atoms with E-state index < -0.39 is 11.8 Å². The molecule has 0 fully saturated rings. The van der Waals surface area contributed by atoms with Gasteiger partial charge in [0.25, 0.3) is 5.56 Å². The molecule has 2 heterocycles. The highest BCUT2D eigenvalue weighted by atomic mass is 19.1. The summed E-state index contributed by atoms with van der Waals surface area (Å²) in [5.41, 5.74) is 2.83. The van der Waals surface area contributed by atoms with Crippen molar-refractivity contribution < 1.29 is 23.2 Å². The molecule has 0 saturated carbocycles. The topological polar surface area (TPSA) is 98.2 Å². The van der Waals surface area contributed by atoms with E-state index in [1.165, 1.54) is 41.0 Å². The van der Waals surface area contributed by atoms with E-state index in [-0.39, 0.29) is 23.7 Å². The zero-order valence-electron chi connectivity index (χ0n) is 21.8. The summed E-state index contributed by atoms with van der Waals surface area (Å²) in [5, 5.41) is 13.6. The van der Waals surface area contributed by atoms with Crippen molar-refractivity contribution in [3.63, 3.8) is 0 Å². The zero-order valence-corrected chi connectivity index (χ0v) is 21.8. The molecule has 9 heteroatoms. The lowest BCUT2D eigenvalue weighted by Crippen LogP contribution is -2.24. The number of hydrogen-bond donors (Lipinski definition) is 1. The van der Waals surface area contributed by atoms with Gasteiger partial charge in [-0.2, -0.15) is 0 Å². The molecule has 0 saturated heterocycles. The molecular formula is C31H27F2N3O4. The predicted molar refractivity (Wildman–Crippen MR) is 147 cm³/mol. The van der Waals surface area contributed by atoms with Crippen LogP contribution in [-0.2, 0) is 11.2 Å². The number of fused-ring (bicyclic) bond motifs is 1. The lowest BCUT2D eigenvalue weighted by Gasteiger charge is -2.14. The van der Waals surface area contributed by atoms with Crippen molar-refractivity contribution in [3.8, 4) is 16.9 Å². The number of aryl methyl sites for hydroxylation is 1. The molecule has 0 aliphatic heterocycles. The first kappa shape index (κ1) is 26.9. The summed E-state index contributed by atoms with van der Waals surface area (Å²) in [5.74, 6) is -0.613. The lowest BCUT2D eigenvalue weighted by atomic mass is 9.93. The van der Waals surface area contributed by atoms with Crippen LogP contribution in [0.4, 0.5) is 8.78 Å². The molecular weight excluding hydrogens is 516 g/mol. The first-order chi connectivity index (χ1) is 19.3. The third-order valence-electron chi connectivity index (χ3n) is 6.91. The molecule has 204 valence electrons. The van der Waals surface area contributed by atoms with Crippen LogP contribution >= 0.6 is 0 Å². The molecule has 5 rings (SSSR count). The van der Waals surface area contributed by atoms with Crippen molar-refractivity contribution in [1.29, 1.82) is 0 Å². The molecule has 1 N–H and O–H groups in total. The SMILES string of the molecule is CC[C@H](c1ccc(F)cc1)c1cc(-c2ccc3c(=O)n(-c4ccc(F)cc4)c(CCCCC(=O)O)nc3c2)no1. The van der Waals surface area contributed by atoms with E-state index in [1.54, 1.807) is 30.3 Å². The molecule has 0 aliphatic rings. The van der Waals surface area contributed by atoms with Gasteiger partial charge >= 0.3 is 5.97 Å². The summed E-state index contributed by atoms with van der Waals surface area (Å²) in [6.45, 7) is 2.01. The van der Waals surface area contributed by atoms with E-state index in [0.29, 0.717) is 58.7 Å². The van der Waals surface area contributed by atoms with Crippen molar-refractivity contribution in [2.45, 2.75) is 44.9 Å². The molecule has 0 unspecified atom stereocenters. The molecule has 0 bridgehead atoms. The van der Waals surface area contributed by atoms with Crippen LogP contribution in [0, 0.1) is 11.6 Å². The number of unbranched alkanes of at least 4 members (excludes halogenated alkanes) is 1. The Hall–Kier alpha value is -4.66. The summed E-state index contributed by atoms with van der Waals surface area (Å²) in [7, 11) is 0. The maximum absolute atomic E-state index is 13.6.